The average molecular weight is 395 g/mol. The molecule has 4 heteroatoms. The first-order chi connectivity index (χ1) is 14.1. The summed E-state index contributed by atoms with van der Waals surface area (Å²) in [5, 5.41) is 3.33. The van der Waals surface area contributed by atoms with Gasteiger partial charge < -0.3 is 10.2 Å². The highest BCUT2D eigenvalue weighted by atomic mass is 15.3. The van der Waals surface area contributed by atoms with Crippen LogP contribution in [0.1, 0.15) is 65.0 Å². The topological polar surface area (TPSA) is 31.4 Å². The summed E-state index contributed by atoms with van der Waals surface area (Å²) in [6.45, 7) is 11.7. The first-order valence-electron chi connectivity index (χ1n) is 11.6. The summed E-state index contributed by atoms with van der Waals surface area (Å²) < 4.78 is 0. The van der Waals surface area contributed by atoms with Crippen LogP contribution in [0.4, 0.5) is 5.69 Å². The van der Waals surface area contributed by atoms with Gasteiger partial charge in [-0.15, -0.1) is 0 Å². The van der Waals surface area contributed by atoms with Gasteiger partial charge in [-0.1, -0.05) is 32.4 Å². The van der Waals surface area contributed by atoms with E-state index in [4.69, 9.17) is 4.98 Å². The largest absolute Gasteiger partial charge is 0.386 e. The molecule has 1 saturated carbocycles. The van der Waals surface area contributed by atoms with Crippen LogP contribution >= 0.6 is 0 Å². The second-order valence-corrected chi connectivity index (χ2v) is 9.24. The number of nitrogens with one attached hydrogen (secondary N) is 1. The number of nitrogens with zero attached hydrogens (tertiary/aromatic N) is 3. The van der Waals surface area contributed by atoms with Crippen LogP contribution in [0, 0.1) is 5.41 Å². The molecule has 158 valence electrons. The SMILES string of the molecule is CCC(C)(CC)C1=CCC(N2CCN(c3ccc(C(NC)=C4CC4)nc3)CC2)C1. The zero-order chi connectivity index (χ0) is 20.4. The number of hydrogen-bond donors (Lipinski definition) is 1. The molecule has 1 N–H and O–H groups in total. The summed E-state index contributed by atoms with van der Waals surface area (Å²) in [5.74, 6) is 0. The van der Waals surface area contributed by atoms with Gasteiger partial charge in [-0.05, 0) is 61.6 Å². The van der Waals surface area contributed by atoms with Crippen LogP contribution in [0.2, 0.25) is 0 Å². The highest BCUT2D eigenvalue weighted by Crippen LogP contribution is 2.42. The minimum absolute atomic E-state index is 0.409. The number of aromatic nitrogens is 1. The Balaban J connectivity index is 1.32. The third-order valence-corrected chi connectivity index (χ3v) is 7.73. The molecule has 1 aliphatic heterocycles. The van der Waals surface area contributed by atoms with E-state index in [1.54, 1.807) is 5.57 Å². The maximum atomic E-state index is 4.75. The molecule has 2 fully saturated rings. The van der Waals surface area contributed by atoms with Gasteiger partial charge in [0.15, 0.2) is 0 Å². The van der Waals surface area contributed by atoms with E-state index in [1.165, 1.54) is 55.5 Å². The Kier molecular flexibility index (Phi) is 6.00. The molecule has 1 aromatic heterocycles. The van der Waals surface area contributed by atoms with E-state index in [-0.39, 0.29) is 0 Å². The maximum Gasteiger partial charge on any atom is 0.0862 e. The molecule has 0 bridgehead atoms. The van der Waals surface area contributed by atoms with Crippen molar-refractivity contribution in [2.45, 2.75) is 65.3 Å². The Labute approximate surface area is 177 Å². The predicted molar refractivity (Wildman–Crippen MR) is 123 cm³/mol. The van der Waals surface area contributed by atoms with Crippen LogP contribution in [0.5, 0.6) is 0 Å². The lowest BCUT2D eigenvalue weighted by Crippen LogP contribution is -2.50. The van der Waals surface area contributed by atoms with E-state index in [9.17, 15) is 0 Å². The second-order valence-electron chi connectivity index (χ2n) is 9.24. The van der Waals surface area contributed by atoms with E-state index in [0.717, 1.165) is 31.9 Å². The van der Waals surface area contributed by atoms with E-state index in [2.05, 4.69) is 60.3 Å². The molecule has 4 rings (SSSR count). The smallest absolute Gasteiger partial charge is 0.0862 e. The molecule has 2 aliphatic carbocycles. The zero-order valence-corrected chi connectivity index (χ0v) is 18.8. The fourth-order valence-electron chi connectivity index (χ4n) is 5.04. The number of anilines is 1. The first-order valence-corrected chi connectivity index (χ1v) is 11.6. The normalized spacial score (nSPS) is 22.6. The van der Waals surface area contributed by atoms with Gasteiger partial charge in [-0.3, -0.25) is 9.88 Å². The molecule has 1 saturated heterocycles. The fraction of sp³-hybridized carbons (Fsp3) is 0.640. The summed E-state index contributed by atoms with van der Waals surface area (Å²) in [7, 11) is 2.00. The lowest BCUT2D eigenvalue weighted by molar-refractivity contribution is 0.185. The van der Waals surface area contributed by atoms with Crippen LogP contribution in [-0.2, 0) is 0 Å². The molecule has 0 aromatic carbocycles. The van der Waals surface area contributed by atoms with Crippen LogP contribution in [-0.4, -0.2) is 49.2 Å². The molecule has 1 aromatic rings. The lowest BCUT2D eigenvalue weighted by Gasteiger charge is -2.39. The molecule has 1 atom stereocenters. The van der Waals surface area contributed by atoms with Gasteiger partial charge in [0.05, 0.1) is 23.3 Å². The van der Waals surface area contributed by atoms with Crippen molar-refractivity contribution in [3.05, 3.63) is 41.2 Å². The Hall–Kier alpha value is -1.81. The van der Waals surface area contributed by atoms with Crippen molar-refractivity contribution >= 4 is 11.4 Å². The van der Waals surface area contributed by atoms with E-state index < -0.39 is 0 Å². The summed E-state index contributed by atoms with van der Waals surface area (Å²) in [6, 6.07) is 5.15. The number of piperazine rings is 1. The molecule has 0 spiro atoms. The molecular formula is C25H38N4. The van der Waals surface area contributed by atoms with Crippen molar-refractivity contribution in [2.75, 3.05) is 38.1 Å². The van der Waals surface area contributed by atoms with Crippen molar-refractivity contribution in [1.29, 1.82) is 0 Å². The van der Waals surface area contributed by atoms with Gasteiger partial charge in [0.1, 0.15) is 0 Å². The molecule has 0 amide bonds. The molecule has 1 unspecified atom stereocenters. The van der Waals surface area contributed by atoms with Crippen molar-refractivity contribution < 1.29 is 0 Å². The lowest BCUT2D eigenvalue weighted by atomic mass is 9.77. The Morgan fingerprint density at radius 1 is 1.14 bits per heavy atom. The van der Waals surface area contributed by atoms with Crippen molar-refractivity contribution in [3.63, 3.8) is 0 Å². The van der Waals surface area contributed by atoms with Gasteiger partial charge in [0.25, 0.3) is 0 Å². The third-order valence-electron chi connectivity index (χ3n) is 7.73. The van der Waals surface area contributed by atoms with Crippen LogP contribution in [0.3, 0.4) is 0 Å². The zero-order valence-electron chi connectivity index (χ0n) is 18.8. The van der Waals surface area contributed by atoms with Gasteiger partial charge >= 0.3 is 0 Å². The molecule has 4 nitrogen and oxygen atoms in total. The Morgan fingerprint density at radius 3 is 2.41 bits per heavy atom. The second kappa shape index (κ2) is 8.51. The third kappa shape index (κ3) is 4.23. The van der Waals surface area contributed by atoms with Gasteiger partial charge in [0, 0.05) is 39.3 Å². The van der Waals surface area contributed by atoms with E-state index in [0.29, 0.717) is 11.5 Å². The van der Waals surface area contributed by atoms with Crippen molar-refractivity contribution in [3.8, 4) is 0 Å². The van der Waals surface area contributed by atoms with Crippen LogP contribution < -0.4 is 10.2 Å². The number of pyridine rings is 1. The summed E-state index contributed by atoms with van der Waals surface area (Å²) >= 11 is 0. The maximum absolute atomic E-state index is 4.75. The van der Waals surface area contributed by atoms with Gasteiger partial charge in [-0.2, -0.15) is 0 Å². The van der Waals surface area contributed by atoms with Crippen LogP contribution in [0.15, 0.2) is 35.6 Å². The highest BCUT2D eigenvalue weighted by Gasteiger charge is 2.33. The Bertz CT molecular complexity index is 759. The van der Waals surface area contributed by atoms with Gasteiger partial charge in [0.2, 0.25) is 0 Å². The van der Waals surface area contributed by atoms with Crippen molar-refractivity contribution in [2.24, 2.45) is 5.41 Å². The van der Waals surface area contributed by atoms with Gasteiger partial charge in [-0.25, -0.2) is 0 Å². The quantitative estimate of drug-likeness (QED) is 0.670. The Morgan fingerprint density at radius 2 is 1.86 bits per heavy atom. The standard InChI is InChI=1S/C25H38N4/c1-5-25(3,6-2)20-9-10-21(17-20)28-13-15-29(16-14-28)22-11-12-23(27-18-22)24(26-4)19-7-8-19/h9,11-12,18,21,26H,5-8,10,13-17H2,1-4H3. The summed E-state index contributed by atoms with van der Waals surface area (Å²) in [5.41, 5.74) is 7.21. The van der Waals surface area contributed by atoms with Crippen molar-refractivity contribution in [1.82, 2.24) is 15.2 Å². The van der Waals surface area contributed by atoms with E-state index in [1.807, 2.05) is 7.05 Å². The molecule has 2 heterocycles. The average Bonchev–Trinajstić information content (AvgIpc) is 3.48. The minimum Gasteiger partial charge on any atom is -0.386 e. The van der Waals surface area contributed by atoms with Crippen LogP contribution in [0.25, 0.3) is 5.70 Å². The number of hydrogen-bond acceptors (Lipinski definition) is 4. The summed E-state index contributed by atoms with van der Waals surface area (Å²) in [6.07, 6.45) is 12.1. The number of allylic oxidation sites excluding steroid dienone is 1. The number of rotatable bonds is 7. The predicted octanol–water partition coefficient (Wildman–Crippen LogP) is 4.84. The molecule has 3 aliphatic rings. The monoisotopic (exact) mass is 394 g/mol. The molecule has 29 heavy (non-hydrogen) atoms. The molecule has 0 radical (unpaired) electrons. The highest BCUT2D eigenvalue weighted by molar-refractivity contribution is 5.68. The minimum atomic E-state index is 0.409. The fourth-order valence-corrected chi connectivity index (χ4v) is 5.04. The summed E-state index contributed by atoms with van der Waals surface area (Å²) in [4.78, 5) is 9.98. The van der Waals surface area contributed by atoms with E-state index >= 15 is 0 Å². The first kappa shape index (κ1) is 20.5. The molecular weight excluding hydrogens is 356 g/mol.